The van der Waals surface area contributed by atoms with Gasteiger partial charge in [-0.25, -0.2) is 4.79 Å². The van der Waals surface area contributed by atoms with Gasteiger partial charge in [0.15, 0.2) is 12.6 Å². The lowest BCUT2D eigenvalue weighted by Crippen LogP contribution is -2.70. The number of carboxylic acids is 1. The first kappa shape index (κ1) is 84.8. The molecule has 3 saturated heterocycles. The summed E-state index contributed by atoms with van der Waals surface area (Å²) in [5, 5.41) is 139. The maximum atomic E-state index is 14.1. The van der Waals surface area contributed by atoms with Crippen molar-refractivity contribution in [2.24, 2.45) is 0 Å². The Kier molecular flexibility index (Phi) is 42.9. The Morgan fingerprint density at radius 2 is 1.15 bits per heavy atom. The van der Waals surface area contributed by atoms with Crippen LogP contribution in [0.2, 0.25) is 0 Å². The van der Waals surface area contributed by atoms with E-state index >= 15 is 0 Å². The van der Waals surface area contributed by atoms with Crippen LogP contribution < -0.4 is 16.8 Å². The SMILES string of the molecule is CCCCCCCCCCCCCCCCCC(=O)N[C@@H](CO[C@@H]1O[C@H](CO)[C@@H](O[C@@H]2O[C@H](CO)[C@H](O)[C@H](O[C@]3(C(=O)O)C[C@H](O)[C@@H](NC(C)=O)[C@H]([C@H](O)[C@H](O)CO)O3)[C@H]2O)[C@H](O)[C@H]1O)[C@H](O)C(/C=C/c1ccccc1)N(CCCCCCCC)CCCCCCCC.N. The largest absolute Gasteiger partial charge is 0.477 e. The van der Waals surface area contributed by atoms with Gasteiger partial charge in [-0.3, -0.25) is 14.5 Å². The number of nitrogens with one attached hydrogen (secondary N) is 2. The summed E-state index contributed by atoms with van der Waals surface area (Å²) < 4.78 is 35.6. The molecule has 3 aliphatic rings. The maximum Gasteiger partial charge on any atom is 0.364 e. The van der Waals surface area contributed by atoms with Gasteiger partial charge in [-0.2, -0.15) is 0 Å². The van der Waals surface area contributed by atoms with Crippen LogP contribution in [-0.2, 0) is 42.8 Å². The molecule has 3 aliphatic heterocycles. The van der Waals surface area contributed by atoms with Crippen LogP contribution in [0, 0.1) is 0 Å². The first-order chi connectivity index (χ1) is 44.8. The van der Waals surface area contributed by atoms with Crippen molar-refractivity contribution in [1.82, 2.24) is 21.7 Å². The van der Waals surface area contributed by atoms with E-state index < -0.39 is 161 Å². The highest BCUT2D eigenvalue weighted by Gasteiger charge is 2.60. The average molecular weight is 1350 g/mol. The number of carbonyl (C=O) groups is 3. The van der Waals surface area contributed by atoms with Crippen molar-refractivity contribution < 1.29 is 104 Å². The normalized spacial score (nSPS) is 28.1. The summed E-state index contributed by atoms with van der Waals surface area (Å²) in [5.74, 6) is -6.16. The Morgan fingerprint density at radius 1 is 0.649 bits per heavy atom. The van der Waals surface area contributed by atoms with E-state index in [1.54, 1.807) is 0 Å². The Bertz CT molecular complexity index is 2160. The van der Waals surface area contributed by atoms with Gasteiger partial charge in [0.25, 0.3) is 5.79 Å². The maximum absolute atomic E-state index is 14.1. The molecule has 94 heavy (non-hydrogen) atoms. The van der Waals surface area contributed by atoms with Gasteiger partial charge in [-0.15, -0.1) is 0 Å². The number of aliphatic hydroxyl groups excluding tert-OH is 11. The number of unbranched alkanes of at least 4 members (excludes halogenated alkanes) is 24. The Labute approximate surface area is 558 Å². The van der Waals surface area contributed by atoms with Crippen LogP contribution in [0.4, 0.5) is 0 Å². The van der Waals surface area contributed by atoms with Gasteiger partial charge >= 0.3 is 5.97 Å². The molecule has 19 atom stereocenters. The standard InChI is InChI=1S/C69H121N3O21.H3N/c1-5-8-11-14-17-18-19-20-21-22-23-24-25-26-32-37-55(79)71-49(57(80)50(39-38-48-35-30-29-31-36-48)72(40-33-27-15-12-9-6-2)41-34-28-16-13-10-7-3)46-88-66-61(84)60(83)63(54(45-75)90-66)91-67-62(85)65(59(82)53(44-74)89-67)93-69(68(86)87)42-51(77)56(70-47(4)76)64(92-69)58(81)52(78)43-73;/h29-31,35-36,38-39,49-54,56-67,73-75,77-78,80-85H,5-28,32-34,37,40-46H2,1-4H3,(H,70,76)(H,71,79)(H,86,87);1H3/b39-38+;/t49-,50?,51-,52+,53+,54+,56+,57-,58+,59-,60+,61+,62+,63+,64+,65-,66+,67-,69-;/m0./s1. The highest BCUT2D eigenvalue weighted by molar-refractivity contribution is 5.77. The third-order valence-corrected chi connectivity index (χ3v) is 18.3. The summed E-state index contributed by atoms with van der Waals surface area (Å²) in [5.41, 5.74) is 0.904. The molecule has 1 aromatic rings. The highest BCUT2D eigenvalue weighted by Crippen LogP contribution is 2.39. The number of ether oxygens (including phenoxy) is 6. The first-order valence-electron chi connectivity index (χ1n) is 35.3. The van der Waals surface area contributed by atoms with Crippen LogP contribution >= 0.6 is 0 Å². The molecule has 3 fully saturated rings. The van der Waals surface area contributed by atoms with Gasteiger partial charge in [-0.05, 0) is 37.9 Å². The molecular weight excluding hydrogens is 1220 g/mol. The second-order valence-corrected chi connectivity index (χ2v) is 26.0. The van der Waals surface area contributed by atoms with Crippen LogP contribution in [0.5, 0.6) is 0 Å². The molecule has 546 valence electrons. The van der Waals surface area contributed by atoms with Gasteiger partial charge in [0, 0.05) is 19.8 Å². The lowest BCUT2D eigenvalue weighted by atomic mass is 9.88. The van der Waals surface area contributed by atoms with Crippen molar-refractivity contribution in [3.05, 3.63) is 42.0 Å². The number of carboxylic acid groups (broad SMARTS) is 1. The highest BCUT2D eigenvalue weighted by atomic mass is 16.8. The van der Waals surface area contributed by atoms with Crippen molar-refractivity contribution in [3.63, 3.8) is 0 Å². The van der Waals surface area contributed by atoms with Crippen molar-refractivity contribution in [3.8, 4) is 0 Å². The number of benzene rings is 1. The zero-order valence-electron chi connectivity index (χ0n) is 56.9. The molecule has 4 rings (SSSR count). The number of nitrogens with zero attached hydrogens (tertiary/aromatic N) is 1. The fourth-order valence-corrected chi connectivity index (χ4v) is 12.7. The lowest BCUT2D eigenvalue weighted by Gasteiger charge is -2.50. The van der Waals surface area contributed by atoms with E-state index in [0.29, 0.717) is 19.5 Å². The van der Waals surface area contributed by atoms with Crippen molar-refractivity contribution in [2.75, 3.05) is 39.5 Å². The molecule has 0 bridgehead atoms. The van der Waals surface area contributed by atoms with Crippen molar-refractivity contribution in [2.45, 2.75) is 330 Å². The number of aliphatic carboxylic acids is 1. The van der Waals surface area contributed by atoms with Gasteiger partial charge in [0.2, 0.25) is 11.8 Å². The van der Waals surface area contributed by atoms with Crippen LogP contribution in [0.15, 0.2) is 36.4 Å². The van der Waals surface area contributed by atoms with Crippen LogP contribution in [0.1, 0.15) is 219 Å². The van der Waals surface area contributed by atoms with Crippen molar-refractivity contribution in [1.29, 1.82) is 0 Å². The van der Waals surface area contributed by atoms with Gasteiger partial charge < -0.3 is 106 Å². The molecule has 3 heterocycles. The fraction of sp³-hybridized carbons (Fsp3) is 0.841. The molecule has 1 unspecified atom stereocenters. The molecule has 2 amide bonds. The van der Waals surface area contributed by atoms with E-state index in [1.165, 1.54) is 64.2 Å². The zero-order chi connectivity index (χ0) is 68.1. The molecule has 1 aromatic carbocycles. The molecular formula is C69H124N4O21. The lowest BCUT2D eigenvalue weighted by molar-refractivity contribution is -0.386. The Morgan fingerprint density at radius 3 is 1.64 bits per heavy atom. The van der Waals surface area contributed by atoms with E-state index in [0.717, 1.165) is 115 Å². The van der Waals surface area contributed by atoms with Gasteiger partial charge in [0.05, 0.1) is 56.8 Å². The second-order valence-electron chi connectivity index (χ2n) is 26.0. The second kappa shape index (κ2) is 47.6. The molecule has 0 aliphatic carbocycles. The summed E-state index contributed by atoms with van der Waals surface area (Å²) in [6.07, 6.45) is 4.37. The minimum atomic E-state index is -3.10. The Hall–Kier alpha value is -3.39. The quantitative estimate of drug-likeness (QED) is 0.0374. The number of carbonyl (C=O) groups excluding carboxylic acids is 2. The molecule has 25 heteroatoms. The molecule has 25 nitrogen and oxygen atoms in total. The number of amides is 2. The predicted molar refractivity (Wildman–Crippen MR) is 354 cm³/mol. The van der Waals surface area contributed by atoms with Crippen molar-refractivity contribution >= 4 is 23.9 Å². The number of rotatable bonds is 50. The predicted octanol–water partition coefficient (Wildman–Crippen LogP) is 5.18. The average Bonchev–Trinajstić information content (AvgIpc) is 0.762. The summed E-state index contributed by atoms with van der Waals surface area (Å²) in [7, 11) is 0. The topological polar surface area (TPSA) is 412 Å². The van der Waals surface area contributed by atoms with Crippen LogP contribution in [0.3, 0.4) is 0 Å². The minimum absolute atomic E-state index is 0. The number of hydrogen-bond acceptors (Lipinski definition) is 22. The van der Waals surface area contributed by atoms with Gasteiger partial charge in [-0.1, -0.05) is 217 Å². The summed E-state index contributed by atoms with van der Waals surface area (Å²) in [6, 6.07) is 6.35. The fourth-order valence-electron chi connectivity index (χ4n) is 12.7. The molecule has 0 spiro atoms. The van der Waals surface area contributed by atoms with E-state index in [2.05, 4.69) is 36.3 Å². The molecule has 0 aromatic heterocycles. The van der Waals surface area contributed by atoms with Crippen LogP contribution in [-0.4, -0.2) is 239 Å². The van der Waals surface area contributed by atoms with Crippen LogP contribution in [0.25, 0.3) is 6.08 Å². The smallest absolute Gasteiger partial charge is 0.364 e. The van der Waals surface area contributed by atoms with E-state index in [4.69, 9.17) is 28.4 Å². The minimum Gasteiger partial charge on any atom is -0.477 e. The van der Waals surface area contributed by atoms with Gasteiger partial charge in [0.1, 0.15) is 67.1 Å². The van der Waals surface area contributed by atoms with E-state index in [9.17, 15) is 75.7 Å². The first-order valence-corrected chi connectivity index (χ1v) is 35.3. The number of hydrogen-bond donors (Lipinski definition) is 15. The van der Waals surface area contributed by atoms with E-state index in [1.807, 2.05) is 42.5 Å². The molecule has 0 radical (unpaired) electrons. The monoisotopic (exact) mass is 1340 g/mol. The molecule has 0 saturated carbocycles. The third kappa shape index (κ3) is 28.5. The summed E-state index contributed by atoms with van der Waals surface area (Å²) in [4.78, 5) is 41.7. The number of aliphatic hydroxyl groups is 11. The van der Waals surface area contributed by atoms with E-state index in [-0.39, 0.29) is 18.5 Å². The summed E-state index contributed by atoms with van der Waals surface area (Å²) in [6.45, 7) is 5.53. The molecule has 17 N–H and O–H groups in total. The third-order valence-electron chi connectivity index (χ3n) is 18.3. The Balaban J connectivity index is 0.0000230. The zero-order valence-corrected chi connectivity index (χ0v) is 56.9. The summed E-state index contributed by atoms with van der Waals surface area (Å²) >= 11 is 0.